The van der Waals surface area contributed by atoms with Crippen molar-refractivity contribution >= 4 is 0 Å². The number of hydrogen-bond acceptors (Lipinski definition) is 2. The average molecular weight is 209 g/mol. The molecule has 0 saturated heterocycles. The first-order valence-corrected chi connectivity index (χ1v) is 5.16. The SMILES string of the molecule is COc1cccc(F)c1C1(C)CC1CN. The summed E-state index contributed by atoms with van der Waals surface area (Å²) < 4.78 is 19.0. The normalized spacial score (nSPS) is 28.9. The van der Waals surface area contributed by atoms with Crippen molar-refractivity contribution in [3.8, 4) is 5.75 Å². The smallest absolute Gasteiger partial charge is 0.130 e. The first-order chi connectivity index (χ1) is 7.13. The number of halogens is 1. The zero-order valence-corrected chi connectivity index (χ0v) is 9.09. The van der Waals surface area contributed by atoms with E-state index in [4.69, 9.17) is 10.5 Å². The van der Waals surface area contributed by atoms with Crippen molar-refractivity contribution in [3.63, 3.8) is 0 Å². The van der Waals surface area contributed by atoms with Crippen LogP contribution in [0, 0.1) is 11.7 Å². The molecular formula is C12H16FNO. The third-order valence-corrected chi connectivity index (χ3v) is 3.46. The molecule has 2 unspecified atom stereocenters. The molecule has 0 aliphatic heterocycles. The van der Waals surface area contributed by atoms with Crippen molar-refractivity contribution in [2.75, 3.05) is 13.7 Å². The standard InChI is InChI=1S/C12H16FNO/c1-12(6-8(12)7-14)11-9(13)4-3-5-10(11)15-2/h3-5,8H,6-7,14H2,1-2H3. The van der Waals surface area contributed by atoms with Crippen LogP contribution in [-0.2, 0) is 5.41 Å². The van der Waals surface area contributed by atoms with Gasteiger partial charge in [0.25, 0.3) is 0 Å². The molecule has 82 valence electrons. The van der Waals surface area contributed by atoms with E-state index in [0.29, 0.717) is 23.8 Å². The van der Waals surface area contributed by atoms with Crippen molar-refractivity contribution < 1.29 is 9.13 Å². The summed E-state index contributed by atoms with van der Waals surface area (Å²) in [6, 6.07) is 4.95. The summed E-state index contributed by atoms with van der Waals surface area (Å²) in [5.74, 6) is 0.824. The van der Waals surface area contributed by atoms with E-state index >= 15 is 0 Å². The van der Waals surface area contributed by atoms with Crippen LogP contribution in [0.4, 0.5) is 4.39 Å². The number of rotatable bonds is 3. The minimum absolute atomic E-state index is 0.133. The highest BCUT2D eigenvalue weighted by Crippen LogP contribution is 2.56. The lowest BCUT2D eigenvalue weighted by atomic mass is 9.94. The molecular weight excluding hydrogens is 193 g/mol. The predicted octanol–water partition coefficient (Wildman–Crippen LogP) is 2.07. The second-order valence-corrected chi connectivity index (χ2v) is 4.37. The van der Waals surface area contributed by atoms with Crippen molar-refractivity contribution in [1.82, 2.24) is 0 Å². The quantitative estimate of drug-likeness (QED) is 0.827. The molecule has 2 N–H and O–H groups in total. The van der Waals surface area contributed by atoms with Gasteiger partial charge >= 0.3 is 0 Å². The summed E-state index contributed by atoms with van der Waals surface area (Å²) in [7, 11) is 1.57. The lowest BCUT2D eigenvalue weighted by Gasteiger charge is -2.16. The lowest BCUT2D eigenvalue weighted by molar-refractivity contribution is 0.396. The number of methoxy groups -OCH3 is 1. The van der Waals surface area contributed by atoms with Gasteiger partial charge in [-0.15, -0.1) is 0 Å². The Morgan fingerprint density at radius 3 is 2.87 bits per heavy atom. The molecule has 0 radical (unpaired) electrons. The Balaban J connectivity index is 2.44. The highest BCUT2D eigenvalue weighted by atomic mass is 19.1. The van der Waals surface area contributed by atoms with E-state index in [-0.39, 0.29) is 11.2 Å². The second-order valence-electron chi connectivity index (χ2n) is 4.37. The molecule has 2 rings (SSSR count). The molecule has 0 spiro atoms. The van der Waals surface area contributed by atoms with E-state index in [0.717, 1.165) is 6.42 Å². The zero-order chi connectivity index (χ0) is 11.1. The first-order valence-electron chi connectivity index (χ1n) is 5.16. The molecule has 1 aromatic rings. The molecule has 1 aliphatic rings. The first kappa shape index (κ1) is 10.4. The van der Waals surface area contributed by atoms with Crippen LogP contribution in [0.25, 0.3) is 0 Å². The Labute approximate surface area is 89.2 Å². The summed E-state index contributed by atoms with van der Waals surface area (Å²) in [6.07, 6.45) is 0.945. The molecule has 2 nitrogen and oxygen atoms in total. The predicted molar refractivity (Wildman–Crippen MR) is 57.5 cm³/mol. The molecule has 3 heteroatoms. The largest absolute Gasteiger partial charge is 0.496 e. The molecule has 0 aromatic heterocycles. The average Bonchev–Trinajstić information content (AvgIpc) is 2.90. The molecule has 0 heterocycles. The van der Waals surface area contributed by atoms with Gasteiger partial charge in [-0.2, -0.15) is 0 Å². The van der Waals surface area contributed by atoms with Crippen LogP contribution >= 0.6 is 0 Å². The number of ether oxygens (including phenoxy) is 1. The summed E-state index contributed by atoms with van der Waals surface area (Å²) in [5.41, 5.74) is 6.17. The van der Waals surface area contributed by atoms with E-state index < -0.39 is 0 Å². The van der Waals surface area contributed by atoms with Crippen molar-refractivity contribution in [2.45, 2.75) is 18.8 Å². The Morgan fingerprint density at radius 2 is 2.33 bits per heavy atom. The van der Waals surface area contributed by atoms with Crippen LogP contribution in [0.15, 0.2) is 18.2 Å². The molecule has 0 bridgehead atoms. The van der Waals surface area contributed by atoms with Crippen molar-refractivity contribution in [3.05, 3.63) is 29.6 Å². The van der Waals surface area contributed by atoms with Crippen molar-refractivity contribution in [2.24, 2.45) is 11.7 Å². The Bertz CT molecular complexity index is 380. The van der Waals surface area contributed by atoms with Gasteiger partial charge in [0.2, 0.25) is 0 Å². The van der Waals surface area contributed by atoms with Gasteiger partial charge in [0, 0.05) is 11.0 Å². The minimum atomic E-state index is -0.187. The van der Waals surface area contributed by atoms with Crippen LogP contribution in [0.1, 0.15) is 18.9 Å². The van der Waals surface area contributed by atoms with Crippen LogP contribution < -0.4 is 10.5 Å². The molecule has 1 aliphatic carbocycles. The van der Waals surface area contributed by atoms with Gasteiger partial charge in [-0.25, -0.2) is 4.39 Å². The van der Waals surface area contributed by atoms with E-state index in [2.05, 4.69) is 0 Å². The van der Waals surface area contributed by atoms with Crippen LogP contribution in [0.5, 0.6) is 5.75 Å². The molecule has 0 amide bonds. The highest BCUT2D eigenvalue weighted by molar-refractivity contribution is 5.45. The number of hydrogen-bond donors (Lipinski definition) is 1. The highest BCUT2D eigenvalue weighted by Gasteiger charge is 2.52. The maximum Gasteiger partial charge on any atom is 0.130 e. The van der Waals surface area contributed by atoms with E-state index in [1.165, 1.54) is 6.07 Å². The van der Waals surface area contributed by atoms with Crippen LogP contribution in [-0.4, -0.2) is 13.7 Å². The fourth-order valence-corrected chi connectivity index (χ4v) is 2.33. The molecule has 15 heavy (non-hydrogen) atoms. The fraction of sp³-hybridized carbons (Fsp3) is 0.500. The number of nitrogens with two attached hydrogens (primary N) is 1. The van der Waals surface area contributed by atoms with Crippen molar-refractivity contribution in [1.29, 1.82) is 0 Å². The summed E-state index contributed by atoms with van der Waals surface area (Å²) >= 11 is 0. The van der Waals surface area contributed by atoms with Gasteiger partial charge in [0.15, 0.2) is 0 Å². The van der Waals surface area contributed by atoms with E-state index in [1.807, 2.05) is 6.92 Å². The Kier molecular flexibility index (Phi) is 2.43. The number of benzene rings is 1. The van der Waals surface area contributed by atoms with Crippen LogP contribution in [0.2, 0.25) is 0 Å². The maximum atomic E-state index is 13.8. The topological polar surface area (TPSA) is 35.2 Å². The minimum Gasteiger partial charge on any atom is -0.496 e. The third kappa shape index (κ3) is 1.51. The van der Waals surface area contributed by atoms with Gasteiger partial charge in [0.1, 0.15) is 11.6 Å². The van der Waals surface area contributed by atoms with Gasteiger partial charge < -0.3 is 10.5 Å². The fourth-order valence-electron chi connectivity index (χ4n) is 2.33. The van der Waals surface area contributed by atoms with E-state index in [9.17, 15) is 4.39 Å². The molecule has 1 saturated carbocycles. The van der Waals surface area contributed by atoms with Crippen LogP contribution in [0.3, 0.4) is 0 Å². The molecule has 2 atom stereocenters. The zero-order valence-electron chi connectivity index (χ0n) is 9.09. The second kappa shape index (κ2) is 3.49. The third-order valence-electron chi connectivity index (χ3n) is 3.46. The summed E-state index contributed by atoms with van der Waals surface area (Å²) in [4.78, 5) is 0. The van der Waals surface area contributed by atoms with Gasteiger partial charge in [-0.1, -0.05) is 13.0 Å². The monoisotopic (exact) mass is 209 g/mol. The van der Waals surface area contributed by atoms with Gasteiger partial charge in [0.05, 0.1) is 7.11 Å². The van der Waals surface area contributed by atoms with Gasteiger partial charge in [-0.3, -0.25) is 0 Å². The Morgan fingerprint density at radius 1 is 1.60 bits per heavy atom. The molecule has 1 aromatic carbocycles. The Hall–Kier alpha value is -1.09. The summed E-state index contributed by atoms with van der Waals surface area (Å²) in [6.45, 7) is 2.65. The van der Waals surface area contributed by atoms with Gasteiger partial charge in [-0.05, 0) is 31.0 Å². The maximum absolute atomic E-state index is 13.8. The van der Waals surface area contributed by atoms with E-state index in [1.54, 1.807) is 19.2 Å². The molecule has 1 fully saturated rings. The summed E-state index contributed by atoms with van der Waals surface area (Å²) in [5, 5.41) is 0. The lowest BCUT2D eigenvalue weighted by Crippen LogP contribution is -2.14.